The monoisotopic (exact) mass is 262 g/mol. The highest BCUT2D eigenvalue weighted by molar-refractivity contribution is 5.33. The maximum Gasteiger partial charge on any atom is 0.322 e. The fourth-order valence-corrected chi connectivity index (χ4v) is 1.36. The molecule has 0 atom stereocenters. The van der Waals surface area contributed by atoms with Gasteiger partial charge in [-0.2, -0.15) is 15.0 Å². The van der Waals surface area contributed by atoms with E-state index in [1.165, 1.54) is 7.11 Å². The highest BCUT2D eigenvalue weighted by Crippen LogP contribution is 2.11. The van der Waals surface area contributed by atoms with Gasteiger partial charge >= 0.3 is 6.01 Å². The molecular weight excluding hydrogens is 248 g/mol. The molecule has 0 radical (unpaired) electrons. The predicted octanol–water partition coefficient (Wildman–Crippen LogP) is 0.478. The Labute approximate surface area is 110 Å². The minimum Gasteiger partial charge on any atom is -0.481 e. The zero-order valence-electron chi connectivity index (χ0n) is 10.6. The van der Waals surface area contributed by atoms with Crippen molar-refractivity contribution in [3.05, 3.63) is 23.9 Å². The standard InChI is InChI=1S/C11H14N6O2/c1-18-8-4-3-7(5-13-8)6-14-10-15-9(12)16-11(17-10)19-2/h3-5H,6H2,1-2H3,(H3,12,14,15,16,17). The van der Waals surface area contributed by atoms with Crippen LogP contribution < -0.4 is 20.5 Å². The molecule has 0 aliphatic heterocycles. The van der Waals surface area contributed by atoms with Gasteiger partial charge in [0.2, 0.25) is 17.8 Å². The quantitative estimate of drug-likeness (QED) is 0.800. The first-order valence-electron chi connectivity index (χ1n) is 5.49. The summed E-state index contributed by atoms with van der Waals surface area (Å²) in [5.41, 5.74) is 6.49. The Kier molecular flexibility index (Phi) is 3.91. The zero-order valence-corrected chi connectivity index (χ0v) is 10.6. The molecule has 0 amide bonds. The van der Waals surface area contributed by atoms with E-state index in [1.807, 2.05) is 6.07 Å². The van der Waals surface area contributed by atoms with Gasteiger partial charge in [0.25, 0.3) is 0 Å². The fourth-order valence-electron chi connectivity index (χ4n) is 1.36. The Hall–Kier alpha value is -2.64. The van der Waals surface area contributed by atoms with E-state index in [0.29, 0.717) is 18.4 Å². The van der Waals surface area contributed by atoms with Crippen molar-refractivity contribution < 1.29 is 9.47 Å². The van der Waals surface area contributed by atoms with E-state index in [1.54, 1.807) is 19.4 Å². The Balaban J connectivity index is 2.03. The molecule has 0 saturated carbocycles. The summed E-state index contributed by atoms with van der Waals surface area (Å²) in [6.45, 7) is 0.504. The Morgan fingerprint density at radius 2 is 2.00 bits per heavy atom. The van der Waals surface area contributed by atoms with Crippen LogP contribution in [-0.4, -0.2) is 34.2 Å². The van der Waals surface area contributed by atoms with Gasteiger partial charge in [-0.3, -0.25) is 0 Å². The first-order chi connectivity index (χ1) is 9.21. The van der Waals surface area contributed by atoms with E-state index in [4.69, 9.17) is 15.2 Å². The lowest BCUT2D eigenvalue weighted by Crippen LogP contribution is -2.08. The summed E-state index contributed by atoms with van der Waals surface area (Å²) >= 11 is 0. The number of methoxy groups -OCH3 is 2. The number of nitrogens with zero attached hydrogens (tertiary/aromatic N) is 4. The molecule has 2 aromatic heterocycles. The second kappa shape index (κ2) is 5.80. The predicted molar refractivity (Wildman–Crippen MR) is 68.9 cm³/mol. The molecule has 2 rings (SSSR count). The third kappa shape index (κ3) is 3.41. The van der Waals surface area contributed by atoms with E-state index in [0.717, 1.165) is 5.56 Å². The summed E-state index contributed by atoms with van der Waals surface area (Å²) in [6, 6.07) is 3.84. The molecule has 0 aliphatic carbocycles. The van der Waals surface area contributed by atoms with Crippen molar-refractivity contribution in [1.82, 2.24) is 19.9 Å². The number of aromatic nitrogens is 4. The molecule has 0 aromatic carbocycles. The van der Waals surface area contributed by atoms with Crippen LogP contribution in [0, 0.1) is 0 Å². The second-order valence-electron chi connectivity index (χ2n) is 3.57. The maximum absolute atomic E-state index is 5.53. The lowest BCUT2D eigenvalue weighted by molar-refractivity contribution is 0.379. The van der Waals surface area contributed by atoms with E-state index < -0.39 is 0 Å². The Morgan fingerprint density at radius 1 is 1.16 bits per heavy atom. The highest BCUT2D eigenvalue weighted by Gasteiger charge is 2.04. The summed E-state index contributed by atoms with van der Waals surface area (Å²) < 4.78 is 9.89. The molecule has 19 heavy (non-hydrogen) atoms. The van der Waals surface area contributed by atoms with E-state index in [2.05, 4.69) is 25.3 Å². The number of pyridine rings is 1. The maximum atomic E-state index is 5.53. The Bertz CT molecular complexity index is 545. The summed E-state index contributed by atoms with van der Waals surface area (Å²) in [5.74, 6) is 1.01. The average molecular weight is 262 g/mol. The van der Waals surface area contributed by atoms with Gasteiger partial charge in [0.1, 0.15) is 0 Å². The zero-order chi connectivity index (χ0) is 13.7. The molecule has 0 fully saturated rings. The molecule has 3 N–H and O–H groups in total. The van der Waals surface area contributed by atoms with Crippen molar-refractivity contribution in [1.29, 1.82) is 0 Å². The van der Waals surface area contributed by atoms with Crippen LogP contribution in [0.1, 0.15) is 5.56 Å². The number of nitrogen functional groups attached to an aromatic ring is 1. The van der Waals surface area contributed by atoms with Crippen LogP contribution >= 0.6 is 0 Å². The van der Waals surface area contributed by atoms with Crippen molar-refractivity contribution in [3.8, 4) is 11.9 Å². The molecule has 0 unspecified atom stereocenters. The average Bonchev–Trinajstić information content (AvgIpc) is 2.45. The van der Waals surface area contributed by atoms with Gasteiger partial charge in [-0.25, -0.2) is 4.98 Å². The van der Waals surface area contributed by atoms with Gasteiger partial charge < -0.3 is 20.5 Å². The van der Waals surface area contributed by atoms with E-state index >= 15 is 0 Å². The van der Waals surface area contributed by atoms with Crippen LogP contribution in [0.15, 0.2) is 18.3 Å². The van der Waals surface area contributed by atoms with E-state index in [9.17, 15) is 0 Å². The van der Waals surface area contributed by atoms with Crippen molar-refractivity contribution in [3.63, 3.8) is 0 Å². The van der Waals surface area contributed by atoms with Crippen LogP contribution in [0.4, 0.5) is 11.9 Å². The summed E-state index contributed by atoms with van der Waals surface area (Å²) in [6.07, 6.45) is 1.70. The van der Waals surface area contributed by atoms with Gasteiger partial charge in [-0.05, 0) is 5.56 Å². The van der Waals surface area contributed by atoms with Crippen LogP contribution in [0.25, 0.3) is 0 Å². The van der Waals surface area contributed by atoms with Crippen LogP contribution in [-0.2, 0) is 6.54 Å². The summed E-state index contributed by atoms with van der Waals surface area (Å²) in [4.78, 5) is 15.9. The van der Waals surface area contributed by atoms with E-state index in [-0.39, 0.29) is 12.0 Å². The van der Waals surface area contributed by atoms with Crippen LogP contribution in [0.3, 0.4) is 0 Å². The minimum absolute atomic E-state index is 0.0993. The molecule has 2 aromatic rings. The lowest BCUT2D eigenvalue weighted by Gasteiger charge is -2.06. The smallest absolute Gasteiger partial charge is 0.322 e. The number of hydrogen-bond donors (Lipinski definition) is 2. The molecule has 100 valence electrons. The van der Waals surface area contributed by atoms with Gasteiger partial charge in [-0.15, -0.1) is 0 Å². The molecule has 0 saturated heterocycles. The molecular formula is C11H14N6O2. The SMILES string of the molecule is COc1ccc(CNc2nc(N)nc(OC)n2)cn1. The largest absolute Gasteiger partial charge is 0.481 e. The summed E-state index contributed by atoms with van der Waals surface area (Å²) in [5, 5.41) is 3.01. The number of rotatable bonds is 5. The van der Waals surface area contributed by atoms with Gasteiger partial charge in [-0.1, -0.05) is 6.07 Å². The molecule has 0 spiro atoms. The lowest BCUT2D eigenvalue weighted by atomic mass is 10.3. The normalized spacial score (nSPS) is 10.0. The second-order valence-corrected chi connectivity index (χ2v) is 3.57. The van der Waals surface area contributed by atoms with Gasteiger partial charge in [0.15, 0.2) is 0 Å². The minimum atomic E-state index is 0.0993. The topological polar surface area (TPSA) is 108 Å². The molecule has 0 aliphatic rings. The molecule has 0 bridgehead atoms. The number of hydrogen-bond acceptors (Lipinski definition) is 8. The van der Waals surface area contributed by atoms with Crippen LogP contribution in [0.2, 0.25) is 0 Å². The Morgan fingerprint density at radius 3 is 2.63 bits per heavy atom. The number of nitrogens with one attached hydrogen (secondary N) is 1. The molecule has 8 heteroatoms. The van der Waals surface area contributed by atoms with Gasteiger partial charge in [0.05, 0.1) is 14.2 Å². The number of ether oxygens (including phenoxy) is 2. The molecule has 8 nitrogen and oxygen atoms in total. The number of anilines is 2. The van der Waals surface area contributed by atoms with Crippen molar-refractivity contribution in [2.45, 2.75) is 6.54 Å². The first kappa shape index (κ1) is 12.8. The summed E-state index contributed by atoms with van der Waals surface area (Å²) in [7, 11) is 3.03. The van der Waals surface area contributed by atoms with Gasteiger partial charge in [0, 0.05) is 18.8 Å². The highest BCUT2D eigenvalue weighted by atomic mass is 16.5. The third-order valence-corrected chi connectivity index (χ3v) is 2.27. The first-order valence-corrected chi connectivity index (χ1v) is 5.49. The molecule has 2 heterocycles. The third-order valence-electron chi connectivity index (χ3n) is 2.27. The van der Waals surface area contributed by atoms with Crippen molar-refractivity contribution >= 4 is 11.9 Å². The van der Waals surface area contributed by atoms with Crippen molar-refractivity contribution in [2.75, 3.05) is 25.3 Å². The number of nitrogens with two attached hydrogens (primary N) is 1. The fraction of sp³-hybridized carbons (Fsp3) is 0.273. The van der Waals surface area contributed by atoms with Crippen LogP contribution in [0.5, 0.6) is 11.9 Å². The van der Waals surface area contributed by atoms with Crippen molar-refractivity contribution in [2.24, 2.45) is 0 Å².